The average molecular weight is 493 g/mol. The van der Waals surface area contributed by atoms with Gasteiger partial charge in [-0.1, -0.05) is 91.0 Å². The molecule has 0 unspecified atom stereocenters. The van der Waals surface area contributed by atoms with Crippen molar-refractivity contribution in [3.8, 4) is 0 Å². The maximum atomic E-state index is 13.2. The third kappa shape index (κ3) is 6.25. The number of hydrogen-bond donors (Lipinski definition) is 1. The van der Waals surface area contributed by atoms with Gasteiger partial charge in [0, 0.05) is 31.1 Å². The minimum atomic E-state index is -0.0674. The second-order valence-corrected chi connectivity index (χ2v) is 9.61. The molecule has 0 atom stereocenters. The molecule has 0 aromatic heterocycles. The summed E-state index contributed by atoms with van der Waals surface area (Å²) in [5, 5.41) is 5.12. The highest BCUT2D eigenvalue weighted by Crippen LogP contribution is 2.24. The number of carbonyl (C=O) groups excluding carboxylic acids is 2. The lowest BCUT2D eigenvalue weighted by Crippen LogP contribution is -2.43. The van der Waals surface area contributed by atoms with Gasteiger partial charge in [0.25, 0.3) is 5.91 Å². The molecule has 0 radical (unpaired) electrons. The van der Waals surface area contributed by atoms with Crippen LogP contribution in [0.2, 0.25) is 0 Å². The molecule has 0 bridgehead atoms. The maximum absolute atomic E-state index is 13.2. The summed E-state index contributed by atoms with van der Waals surface area (Å²) in [7, 11) is 0. The Kier molecular flexibility index (Phi) is 7.92. The van der Waals surface area contributed by atoms with E-state index in [1.165, 1.54) is 0 Å². The fourth-order valence-electron chi connectivity index (χ4n) is 4.87. The van der Waals surface area contributed by atoms with Gasteiger partial charge >= 0.3 is 0 Å². The normalized spacial score (nSPS) is 14.0. The van der Waals surface area contributed by atoms with Crippen LogP contribution in [0.4, 0.5) is 0 Å². The number of rotatable bonds is 8. The molecule has 2 amide bonds. The Morgan fingerprint density at radius 2 is 1.35 bits per heavy atom. The van der Waals surface area contributed by atoms with E-state index in [4.69, 9.17) is 4.74 Å². The third-order valence-electron chi connectivity index (χ3n) is 7.04. The Morgan fingerprint density at radius 1 is 0.730 bits per heavy atom. The van der Waals surface area contributed by atoms with Crippen LogP contribution in [-0.4, -0.2) is 29.8 Å². The number of nitrogens with zero attached hydrogens (tertiary/aromatic N) is 1. The second kappa shape index (κ2) is 11.8. The molecule has 0 spiro atoms. The van der Waals surface area contributed by atoms with Crippen molar-refractivity contribution in [1.29, 1.82) is 0 Å². The van der Waals surface area contributed by atoms with Crippen LogP contribution in [0.1, 0.15) is 39.9 Å². The summed E-state index contributed by atoms with van der Waals surface area (Å²) in [4.78, 5) is 27.9. The molecule has 5 rings (SSSR count). The standard InChI is InChI=1S/C32H32N2O3/c35-31(33-21-24-13-15-26(16-14-24)23-37-22-25-7-2-1-3-8-25)28-17-19-34(20-18-28)32(36)30-12-6-10-27-9-4-5-11-29(27)30/h1-16,28H,17-23H2,(H,33,35). The molecule has 0 aliphatic carbocycles. The predicted octanol–water partition coefficient (Wildman–Crippen LogP) is 5.73. The molecule has 37 heavy (non-hydrogen) atoms. The molecule has 4 aromatic rings. The van der Waals surface area contributed by atoms with Crippen molar-refractivity contribution in [2.24, 2.45) is 5.92 Å². The molecule has 1 aliphatic heterocycles. The summed E-state index contributed by atoms with van der Waals surface area (Å²) >= 11 is 0. The Labute approximate surface area is 218 Å². The van der Waals surface area contributed by atoms with Crippen molar-refractivity contribution in [3.63, 3.8) is 0 Å². The SMILES string of the molecule is O=C(NCc1ccc(COCc2ccccc2)cc1)C1CCN(C(=O)c2cccc3ccccc23)CC1. The van der Waals surface area contributed by atoms with Crippen LogP contribution in [0.25, 0.3) is 10.8 Å². The molecule has 5 nitrogen and oxygen atoms in total. The number of amides is 2. The van der Waals surface area contributed by atoms with E-state index in [-0.39, 0.29) is 17.7 Å². The van der Waals surface area contributed by atoms with Gasteiger partial charge < -0.3 is 15.0 Å². The maximum Gasteiger partial charge on any atom is 0.254 e. The van der Waals surface area contributed by atoms with Gasteiger partial charge in [-0.15, -0.1) is 0 Å². The van der Waals surface area contributed by atoms with Crippen molar-refractivity contribution in [1.82, 2.24) is 10.2 Å². The lowest BCUT2D eigenvalue weighted by Gasteiger charge is -2.31. The van der Waals surface area contributed by atoms with Gasteiger partial charge in [0.2, 0.25) is 5.91 Å². The second-order valence-electron chi connectivity index (χ2n) is 9.61. The molecule has 4 aromatic carbocycles. The summed E-state index contributed by atoms with van der Waals surface area (Å²) in [6.45, 7) is 2.83. The molecule has 1 aliphatic rings. The van der Waals surface area contributed by atoms with E-state index in [2.05, 4.69) is 17.4 Å². The molecular weight excluding hydrogens is 460 g/mol. The van der Waals surface area contributed by atoms with Gasteiger partial charge in [0.15, 0.2) is 0 Å². The van der Waals surface area contributed by atoms with Crippen molar-refractivity contribution in [3.05, 3.63) is 119 Å². The molecule has 5 heteroatoms. The van der Waals surface area contributed by atoms with E-state index in [0.717, 1.165) is 33.0 Å². The molecule has 1 saturated heterocycles. The number of fused-ring (bicyclic) bond motifs is 1. The fraction of sp³-hybridized carbons (Fsp3) is 0.250. The fourth-order valence-corrected chi connectivity index (χ4v) is 4.87. The first kappa shape index (κ1) is 24.7. The van der Waals surface area contributed by atoms with Crippen LogP contribution < -0.4 is 5.32 Å². The zero-order valence-corrected chi connectivity index (χ0v) is 20.9. The number of nitrogens with one attached hydrogen (secondary N) is 1. The lowest BCUT2D eigenvalue weighted by atomic mass is 9.94. The number of carbonyl (C=O) groups is 2. The third-order valence-corrected chi connectivity index (χ3v) is 7.04. The summed E-state index contributed by atoms with van der Waals surface area (Å²) in [6.07, 6.45) is 1.36. The quantitative estimate of drug-likeness (QED) is 0.342. The number of hydrogen-bond acceptors (Lipinski definition) is 3. The van der Waals surface area contributed by atoms with E-state index in [1.807, 2.05) is 89.8 Å². The summed E-state index contributed by atoms with van der Waals surface area (Å²) in [5.41, 5.74) is 4.05. The topological polar surface area (TPSA) is 58.6 Å². The first-order chi connectivity index (χ1) is 18.2. The Bertz CT molecular complexity index is 1340. The Morgan fingerprint density at radius 3 is 2.11 bits per heavy atom. The smallest absolute Gasteiger partial charge is 0.254 e. The van der Waals surface area contributed by atoms with E-state index >= 15 is 0 Å². The Balaban J connectivity index is 1.06. The van der Waals surface area contributed by atoms with Crippen molar-refractivity contribution >= 4 is 22.6 Å². The zero-order valence-electron chi connectivity index (χ0n) is 20.9. The molecule has 1 heterocycles. The summed E-state index contributed by atoms with van der Waals surface area (Å²) in [5.74, 6) is 0.0401. The monoisotopic (exact) mass is 492 g/mol. The van der Waals surface area contributed by atoms with Gasteiger partial charge in [-0.25, -0.2) is 0 Å². The number of benzene rings is 4. The van der Waals surface area contributed by atoms with Crippen LogP contribution >= 0.6 is 0 Å². The first-order valence-corrected chi connectivity index (χ1v) is 12.9. The van der Waals surface area contributed by atoms with Crippen molar-refractivity contribution in [2.75, 3.05) is 13.1 Å². The largest absolute Gasteiger partial charge is 0.372 e. The lowest BCUT2D eigenvalue weighted by molar-refractivity contribution is -0.126. The van der Waals surface area contributed by atoms with E-state index in [9.17, 15) is 9.59 Å². The van der Waals surface area contributed by atoms with Gasteiger partial charge in [0.1, 0.15) is 0 Å². The summed E-state index contributed by atoms with van der Waals surface area (Å²) in [6, 6.07) is 32.1. The molecule has 1 N–H and O–H groups in total. The van der Waals surface area contributed by atoms with Crippen LogP contribution in [0.15, 0.2) is 97.1 Å². The van der Waals surface area contributed by atoms with Crippen LogP contribution in [0, 0.1) is 5.92 Å². The van der Waals surface area contributed by atoms with Crippen LogP contribution in [-0.2, 0) is 29.3 Å². The minimum absolute atomic E-state index is 0.0449. The number of piperidine rings is 1. The van der Waals surface area contributed by atoms with Gasteiger partial charge in [-0.05, 0) is 46.4 Å². The van der Waals surface area contributed by atoms with E-state index < -0.39 is 0 Å². The number of likely N-dealkylation sites (tertiary alicyclic amines) is 1. The highest BCUT2D eigenvalue weighted by molar-refractivity contribution is 6.07. The highest BCUT2D eigenvalue weighted by atomic mass is 16.5. The van der Waals surface area contributed by atoms with Gasteiger partial charge in [-0.3, -0.25) is 9.59 Å². The molecule has 188 valence electrons. The Hall–Kier alpha value is -3.96. The minimum Gasteiger partial charge on any atom is -0.372 e. The predicted molar refractivity (Wildman–Crippen MR) is 146 cm³/mol. The molecule has 0 saturated carbocycles. The highest BCUT2D eigenvalue weighted by Gasteiger charge is 2.28. The van der Waals surface area contributed by atoms with E-state index in [1.54, 1.807) is 0 Å². The molecule has 1 fully saturated rings. The van der Waals surface area contributed by atoms with Crippen LogP contribution in [0.3, 0.4) is 0 Å². The summed E-state index contributed by atoms with van der Waals surface area (Å²) < 4.78 is 5.80. The number of ether oxygens (including phenoxy) is 1. The zero-order chi connectivity index (χ0) is 25.5. The van der Waals surface area contributed by atoms with Crippen molar-refractivity contribution < 1.29 is 14.3 Å². The molecular formula is C32H32N2O3. The van der Waals surface area contributed by atoms with Gasteiger partial charge in [-0.2, -0.15) is 0 Å². The first-order valence-electron chi connectivity index (χ1n) is 12.9. The van der Waals surface area contributed by atoms with Crippen molar-refractivity contribution in [2.45, 2.75) is 32.6 Å². The van der Waals surface area contributed by atoms with Crippen LogP contribution in [0.5, 0.6) is 0 Å². The van der Waals surface area contributed by atoms with E-state index in [0.29, 0.717) is 45.7 Å². The average Bonchev–Trinajstić information content (AvgIpc) is 2.96. The van der Waals surface area contributed by atoms with Gasteiger partial charge in [0.05, 0.1) is 13.2 Å².